The van der Waals surface area contributed by atoms with Crippen LogP contribution in [0.2, 0.25) is 0 Å². The van der Waals surface area contributed by atoms with Gasteiger partial charge in [-0.15, -0.1) is 0 Å². The lowest BCUT2D eigenvalue weighted by molar-refractivity contribution is 0.135. The van der Waals surface area contributed by atoms with E-state index in [-0.39, 0.29) is 6.10 Å². The second kappa shape index (κ2) is 6.94. The third-order valence-corrected chi connectivity index (χ3v) is 2.89. The fraction of sp³-hybridized carbons (Fsp3) is 0.467. The summed E-state index contributed by atoms with van der Waals surface area (Å²) in [5.41, 5.74) is 1.05. The van der Waals surface area contributed by atoms with E-state index >= 15 is 0 Å². The van der Waals surface area contributed by atoms with E-state index in [4.69, 9.17) is 9.47 Å². The summed E-state index contributed by atoms with van der Waals surface area (Å²) in [5, 5.41) is 3.41. The van der Waals surface area contributed by atoms with Crippen LogP contribution >= 0.6 is 0 Å². The molecular formula is C15H21NO2. The molecule has 0 spiro atoms. The largest absolute Gasteiger partial charge is 0.497 e. The molecule has 1 aromatic rings. The predicted molar refractivity (Wildman–Crippen MR) is 74.0 cm³/mol. The van der Waals surface area contributed by atoms with E-state index in [0.29, 0.717) is 0 Å². The molecule has 0 aliphatic carbocycles. The number of para-hydroxylation sites is 2. The quantitative estimate of drug-likeness (QED) is 0.833. The van der Waals surface area contributed by atoms with E-state index in [9.17, 15) is 0 Å². The van der Waals surface area contributed by atoms with Crippen LogP contribution in [-0.4, -0.2) is 19.3 Å². The van der Waals surface area contributed by atoms with Crippen LogP contribution < -0.4 is 10.1 Å². The molecule has 1 aliphatic heterocycles. The maximum atomic E-state index is 5.71. The van der Waals surface area contributed by atoms with Gasteiger partial charge in [-0.3, -0.25) is 0 Å². The van der Waals surface area contributed by atoms with Crippen LogP contribution in [0.1, 0.15) is 26.2 Å². The smallest absolute Gasteiger partial charge is 0.142 e. The van der Waals surface area contributed by atoms with Gasteiger partial charge in [-0.2, -0.15) is 0 Å². The molecule has 1 aromatic carbocycles. The summed E-state index contributed by atoms with van der Waals surface area (Å²) in [6, 6.07) is 8.06. The van der Waals surface area contributed by atoms with Crippen LogP contribution in [0, 0.1) is 0 Å². The SMILES string of the molecule is CCCOc1ccccc1NCC1CCC=CO1. The molecule has 0 radical (unpaired) electrons. The van der Waals surface area contributed by atoms with Crippen LogP contribution in [0.5, 0.6) is 5.75 Å². The summed E-state index contributed by atoms with van der Waals surface area (Å²) in [7, 11) is 0. The van der Waals surface area contributed by atoms with E-state index < -0.39 is 0 Å². The van der Waals surface area contributed by atoms with Gasteiger partial charge in [0.05, 0.1) is 25.1 Å². The molecule has 0 saturated heterocycles. The molecule has 3 heteroatoms. The van der Waals surface area contributed by atoms with Crippen LogP contribution in [-0.2, 0) is 4.74 Å². The highest BCUT2D eigenvalue weighted by Crippen LogP contribution is 2.24. The van der Waals surface area contributed by atoms with E-state index in [2.05, 4.69) is 18.3 Å². The van der Waals surface area contributed by atoms with Crippen LogP contribution in [0.15, 0.2) is 36.6 Å². The second-order valence-corrected chi connectivity index (χ2v) is 4.43. The fourth-order valence-electron chi connectivity index (χ4n) is 1.91. The zero-order chi connectivity index (χ0) is 12.6. The van der Waals surface area contributed by atoms with Gasteiger partial charge in [0.2, 0.25) is 0 Å². The van der Waals surface area contributed by atoms with Crippen molar-refractivity contribution in [1.82, 2.24) is 0 Å². The highest BCUT2D eigenvalue weighted by atomic mass is 16.5. The third-order valence-electron chi connectivity index (χ3n) is 2.89. The van der Waals surface area contributed by atoms with Gasteiger partial charge in [0.15, 0.2) is 0 Å². The molecule has 0 saturated carbocycles. The van der Waals surface area contributed by atoms with Crippen molar-refractivity contribution in [3.05, 3.63) is 36.6 Å². The molecule has 1 heterocycles. The van der Waals surface area contributed by atoms with E-state index in [1.807, 2.05) is 24.3 Å². The molecule has 1 atom stereocenters. The monoisotopic (exact) mass is 247 g/mol. The maximum absolute atomic E-state index is 5.71. The Morgan fingerprint density at radius 2 is 2.28 bits per heavy atom. The second-order valence-electron chi connectivity index (χ2n) is 4.43. The molecule has 1 N–H and O–H groups in total. The average Bonchev–Trinajstić information content (AvgIpc) is 2.45. The van der Waals surface area contributed by atoms with Crippen molar-refractivity contribution in [3.8, 4) is 5.75 Å². The number of rotatable bonds is 6. The number of hydrogen-bond donors (Lipinski definition) is 1. The zero-order valence-electron chi connectivity index (χ0n) is 10.9. The third kappa shape index (κ3) is 3.69. The van der Waals surface area contributed by atoms with Crippen molar-refractivity contribution in [1.29, 1.82) is 0 Å². The Balaban J connectivity index is 1.89. The first kappa shape index (κ1) is 12.8. The van der Waals surface area contributed by atoms with E-state index in [1.54, 1.807) is 6.26 Å². The van der Waals surface area contributed by atoms with Crippen LogP contribution in [0.25, 0.3) is 0 Å². The first-order valence-corrected chi connectivity index (χ1v) is 6.66. The number of ether oxygens (including phenoxy) is 2. The van der Waals surface area contributed by atoms with Gasteiger partial charge in [-0.25, -0.2) is 0 Å². The number of anilines is 1. The maximum Gasteiger partial charge on any atom is 0.142 e. The number of benzene rings is 1. The lowest BCUT2D eigenvalue weighted by Gasteiger charge is -2.21. The number of nitrogens with one attached hydrogen (secondary N) is 1. The molecular weight excluding hydrogens is 226 g/mol. The van der Waals surface area contributed by atoms with Crippen molar-refractivity contribution in [2.45, 2.75) is 32.3 Å². The summed E-state index contributed by atoms with van der Waals surface area (Å²) in [4.78, 5) is 0. The Kier molecular flexibility index (Phi) is 4.94. The summed E-state index contributed by atoms with van der Waals surface area (Å²) >= 11 is 0. The Morgan fingerprint density at radius 1 is 1.39 bits per heavy atom. The summed E-state index contributed by atoms with van der Waals surface area (Å²) in [5.74, 6) is 0.922. The minimum Gasteiger partial charge on any atom is -0.497 e. The first-order valence-electron chi connectivity index (χ1n) is 6.66. The van der Waals surface area contributed by atoms with E-state index in [0.717, 1.165) is 43.9 Å². The molecule has 0 amide bonds. The zero-order valence-corrected chi connectivity index (χ0v) is 10.9. The lowest BCUT2D eigenvalue weighted by Crippen LogP contribution is -2.23. The normalized spacial score (nSPS) is 18.2. The molecule has 98 valence electrons. The average molecular weight is 247 g/mol. The molecule has 0 fully saturated rings. The fourth-order valence-corrected chi connectivity index (χ4v) is 1.91. The molecule has 1 unspecified atom stereocenters. The molecule has 2 rings (SSSR count). The van der Waals surface area contributed by atoms with Crippen LogP contribution in [0.3, 0.4) is 0 Å². The predicted octanol–water partition coefficient (Wildman–Crippen LogP) is 3.58. The van der Waals surface area contributed by atoms with Crippen LogP contribution in [0.4, 0.5) is 5.69 Å². The lowest BCUT2D eigenvalue weighted by atomic mass is 10.1. The van der Waals surface area contributed by atoms with Crippen molar-refractivity contribution >= 4 is 5.69 Å². The Morgan fingerprint density at radius 3 is 3.06 bits per heavy atom. The number of hydrogen-bond acceptors (Lipinski definition) is 3. The highest BCUT2D eigenvalue weighted by molar-refractivity contribution is 5.56. The minimum absolute atomic E-state index is 0.259. The molecule has 0 bridgehead atoms. The highest BCUT2D eigenvalue weighted by Gasteiger charge is 2.11. The van der Waals surface area contributed by atoms with Crippen molar-refractivity contribution in [2.24, 2.45) is 0 Å². The van der Waals surface area contributed by atoms with Gasteiger partial charge < -0.3 is 14.8 Å². The van der Waals surface area contributed by atoms with Crippen molar-refractivity contribution in [2.75, 3.05) is 18.5 Å². The van der Waals surface area contributed by atoms with Gasteiger partial charge >= 0.3 is 0 Å². The van der Waals surface area contributed by atoms with E-state index in [1.165, 1.54) is 0 Å². The summed E-state index contributed by atoms with van der Waals surface area (Å²) < 4.78 is 11.2. The Labute approximate surface area is 109 Å². The van der Waals surface area contributed by atoms with Gasteiger partial charge in [0.25, 0.3) is 0 Å². The Hall–Kier alpha value is -1.64. The van der Waals surface area contributed by atoms with Gasteiger partial charge in [0, 0.05) is 0 Å². The van der Waals surface area contributed by atoms with Crippen molar-refractivity contribution in [3.63, 3.8) is 0 Å². The van der Waals surface area contributed by atoms with Gasteiger partial charge in [-0.05, 0) is 37.5 Å². The summed E-state index contributed by atoms with van der Waals surface area (Å²) in [6.07, 6.45) is 7.31. The number of allylic oxidation sites excluding steroid dienone is 1. The minimum atomic E-state index is 0.259. The first-order chi connectivity index (χ1) is 8.90. The standard InChI is InChI=1S/C15H21NO2/c1-2-10-18-15-9-4-3-8-14(15)16-12-13-7-5-6-11-17-13/h3-4,6,8-9,11,13,16H,2,5,7,10,12H2,1H3. The molecule has 3 nitrogen and oxygen atoms in total. The Bertz CT molecular complexity index is 390. The summed E-state index contributed by atoms with van der Waals surface area (Å²) in [6.45, 7) is 3.68. The van der Waals surface area contributed by atoms with Gasteiger partial charge in [-0.1, -0.05) is 19.1 Å². The molecule has 1 aliphatic rings. The molecule has 18 heavy (non-hydrogen) atoms. The topological polar surface area (TPSA) is 30.5 Å². The molecule has 0 aromatic heterocycles. The van der Waals surface area contributed by atoms with Gasteiger partial charge in [0.1, 0.15) is 11.9 Å². The van der Waals surface area contributed by atoms with Crippen molar-refractivity contribution < 1.29 is 9.47 Å².